The number of carbonyl (C=O) groups excluding carboxylic acids is 1. The van der Waals surface area contributed by atoms with Crippen molar-refractivity contribution in [1.29, 1.82) is 0 Å². The van der Waals surface area contributed by atoms with E-state index in [1.807, 2.05) is 6.92 Å². The molecule has 0 N–H and O–H groups in total. The Hall–Kier alpha value is -1.13. The lowest BCUT2D eigenvalue weighted by atomic mass is 9.97. The van der Waals surface area contributed by atoms with Gasteiger partial charge in [-0.15, -0.1) is 0 Å². The first kappa shape index (κ1) is 14.9. The molecule has 0 radical (unpaired) electrons. The molecule has 0 amide bonds. The third-order valence-electron chi connectivity index (χ3n) is 2.40. The van der Waals surface area contributed by atoms with Crippen LogP contribution in [0.1, 0.15) is 46.0 Å². The molecule has 0 bridgehead atoms. The highest BCUT2D eigenvalue weighted by Gasteiger charge is 2.14. The van der Waals surface area contributed by atoms with Gasteiger partial charge in [0.2, 0.25) is 6.54 Å². The van der Waals surface area contributed by atoms with Crippen LogP contribution in [0.3, 0.4) is 0 Å². The smallest absolute Gasteiger partial charge is 0.305 e. The molecule has 0 aromatic heterocycles. The second-order valence-electron chi connectivity index (χ2n) is 3.87. The number of carbonyl (C=O) groups is 1. The lowest BCUT2D eigenvalue weighted by Crippen LogP contribution is -2.15. The van der Waals surface area contributed by atoms with Crippen LogP contribution in [0.25, 0.3) is 0 Å². The largest absolute Gasteiger partial charge is 0.466 e. The molecule has 1 unspecified atom stereocenters. The van der Waals surface area contributed by atoms with Gasteiger partial charge in [-0.1, -0.05) is 13.3 Å². The van der Waals surface area contributed by atoms with E-state index >= 15 is 0 Å². The fraction of sp³-hybridized carbons (Fsp3) is 0.909. The summed E-state index contributed by atoms with van der Waals surface area (Å²) >= 11 is 0. The average molecular weight is 231 g/mol. The van der Waals surface area contributed by atoms with E-state index in [-0.39, 0.29) is 23.4 Å². The number of nitro groups is 1. The second kappa shape index (κ2) is 9.12. The summed E-state index contributed by atoms with van der Waals surface area (Å²) in [4.78, 5) is 21.2. The number of esters is 1. The van der Waals surface area contributed by atoms with Crippen LogP contribution in [0.5, 0.6) is 0 Å². The van der Waals surface area contributed by atoms with Crippen molar-refractivity contribution in [2.45, 2.75) is 46.0 Å². The van der Waals surface area contributed by atoms with Crippen LogP contribution in [-0.4, -0.2) is 24.0 Å². The highest BCUT2D eigenvalue weighted by molar-refractivity contribution is 5.69. The molecule has 5 nitrogen and oxygen atoms in total. The molecule has 0 saturated carbocycles. The Morgan fingerprint density at radius 1 is 1.38 bits per heavy atom. The Morgan fingerprint density at radius 3 is 2.56 bits per heavy atom. The molecule has 0 spiro atoms. The van der Waals surface area contributed by atoms with E-state index in [4.69, 9.17) is 4.74 Å². The highest BCUT2D eigenvalue weighted by atomic mass is 16.6. The minimum atomic E-state index is -0.273. The van der Waals surface area contributed by atoms with Gasteiger partial charge in [-0.3, -0.25) is 14.9 Å². The van der Waals surface area contributed by atoms with Crippen LogP contribution in [0.2, 0.25) is 0 Å². The molecule has 0 heterocycles. The standard InChI is InChI=1S/C11H21NO4/c1-3-6-10(9-12(14)15)7-5-8-11(13)16-4-2/h10H,3-9H2,1-2H3. The van der Waals surface area contributed by atoms with Crippen molar-refractivity contribution >= 4 is 5.97 Å². The highest BCUT2D eigenvalue weighted by Crippen LogP contribution is 2.15. The molecule has 0 rings (SSSR count). The number of nitrogens with zero attached hydrogens (tertiary/aromatic N) is 1. The topological polar surface area (TPSA) is 69.4 Å². The minimum absolute atomic E-state index is 0.0106. The van der Waals surface area contributed by atoms with Crippen molar-refractivity contribution in [3.8, 4) is 0 Å². The predicted molar refractivity (Wildman–Crippen MR) is 60.7 cm³/mol. The van der Waals surface area contributed by atoms with E-state index in [2.05, 4.69) is 0 Å². The van der Waals surface area contributed by atoms with Gasteiger partial charge in [0.1, 0.15) is 0 Å². The monoisotopic (exact) mass is 231 g/mol. The summed E-state index contributed by atoms with van der Waals surface area (Å²) < 4.78 is 4.79. The third-order valence-corrected chi connectivity index (χ3v) is 2.40. The Labute approximate surface area is 96.3 Å². The van der Waals surface area contributed by atoms with E-state index < -0.39 is 0 Å². The van der Waals surface area contributed by atoms with E-state index in [9.17, 15) is 14.9 Å². The maximum absolute atomic E-state index is 11.0. The van der Waals surface area contributed by atoms with Gasteiger partial charge in [0.05, 0.1) is 6.61 Å². The predicted octanol–water partition coefficient (Wildman–Crippen LogP) is 2.41. The van der Waals surface area contributed by atoms with E-state index in [0.29, 0.717) is 19.4 Å². The first-order chi connectivity index (χ1) is 7.60. The number of rotatable bonds is 9. The molecule has 0 saturated heterocycles. The number of hydrogen-bond acceptors (Lipinski definition) is 4. The zero-order chi connectivity index (χ0) is 12.4. The maximum atomic E-state index is 11.0. The van der Waals surface area contributed by atoms with Gasteiger partial charge in [0.25, 0.3) is 0 Å². The Balaban J connectivity index is 3.74. The minimum Gasteiger partial charge on any atom is -0.466 e. The van der Waals surface area contributed by atoms with Crippen molar-refractivity contribution in [3.63, 3.8) is 0 Å². The number of ether oxygens (including phenoxy) is 1. The van der Waals surface area contributed by atoms with E-state index in [1.54, 1.807) is 6.92 Å². The Morgan fingerprint density at radius 2 is 2.06 bits per heavy atom. The molecule has 0 aliphatic heterocycles. The van der Waals surface area contributed by atoms with Gasteiger partial charge in [-0.05, 0) is 26.2 Å². The molecule has 5 heteroatoms. The molecule has 16 heavy (non-hydrogen) atoms. The molecule has 0 aliphatic rings. The summed E-state index contributed by atoms with van der Waals surface area (Å²) in [5.41, 5.74) is 0. The van der Waals surface area contributed by atoms with Gasteiger partial charge in [-0.25, -0.2) is 0 Å². The van der Waals surface area contributed by atoms with E-state index in [1.165, 1.54) is 0 Å². The van der Waals surface area contributed by atoms with Crippen molar-refractivity contribution < 1.29 is 14.5 Å². The normalized spacial score (nSPS) is 12.1. The summed E-state index contributed by atoms with van der Waals surface area (Å²) in [5, 5.41) is 10.4. The zero-order valence-corrected chi connectivity index (χ0v) is 10.1. The molecule has 0 aliphatic carbocycles. The first-order valence-corrected chi connectivity index (χ1v) is 5.87. The van der Waals surface area contributed by atoms with Crippen molar-refractivity contribution in [2.75, 3.05) is 13.2 Å². The average Bonchev–Trinajstić information content (AvgIpc) is 2.17. The third kappa shape index (κ3) is 8.20. The summed E-state index contributed by atoms with van der Waals surface area (Å²) in [5.74, 6) is -0.117. The molecule has 0 aromatic carbocycles. The molecular weight excluding hydrogens is 210 g/mol. The molecule has 0 aromatic rings. The van der Waals surface area contributed by atoms with Gasteiger partial charge < -0.3 is 4.74 Å². The van der Waals surface area contributed by atoms with Crippen molar-refractivity contribution in [1.82, 2.24) is 0 Å². The van der Waals surface area contributed by atoms with Gasteiger partial charge in [0, 0.05) is 17.3 Å². The SMILES string of the molecule is CCCC(CCCC(=O)OCC)C[N+](=O)[O-]. The van der Waals surface area contributed by atoms with Gasteiger partial charge in [-0.2, -0.15) is 0 Å². The molecule has 0 fully saturated rings. The fourth-order valence-corrected chi connectivity index (χ4v) is 1.71. The fourth-order valence-electron chi connectivity index (χ4n) is 1.71. The van der Waals surface area contributed by atoms with Crippen LogP contribution >= 0.6 is 0 Å². The van der Waals surface area contributed by atoms with Crippen molar-refractivity contribution in [2.24, 2.45) is 5.92 Å². The van der Waals surface area contributed by atoms with Crippen LogP contribution in [0.4, 0.5) is 0 Å². The summed E-state index contributed by atoms with van der Waals surface area (Å²) in [6.07, 6.45) is 3.57. The van der Waals surface area contributed by atoms with Crippen molar-refractivity contribution in [3.05, 3.63) is 10.1 Å². The quantitative estimate of drug-likeness (QED) is 0.347. The summed E-state index contributed by atoms with van der Waals surface area (Å²) in [7, 11) is 0. The zero-order valence-electron chi connectivity index (χ0n) is 10.1. The summed E-state index contributed by atoms with van der Waals surface area (Å²) in [6, 6.07) is 0. The van der Waals surface area contributed by atoms with Crippen LogP contribution in [0.15, 0.2) is 0 Å². The Bertz CT molecular complexity index is 218. The Kier molecular flexibility index (Phi) is 8.48. The van der Waals surface area contributed by atoms with E-state index in [0.717, 1.165) is 19.3 Å². The number of hydrogen-bond donors (Lipinski definition) is 0. The van der Waals surface area contributed by atoms with Gasteiger partial charge in [0.15, 0.2) is 0 Å². The first-order valence-electron chi connectivity index (χ1n) is 5.87. The maximum Gasteiger partial charge on any atom is 0.305 e. The van der Waals surface area contributed by atoms with Crippen LogP contribution in [0, 0.1) is 16.0 Å². The summed E-state index contributed by atoms with van der Waals surface area (Å²) in [6.45, 7) is 4.19. The lowest BCUT2D eigenvalue weighted by molar-refractivity contribution is -0.488. The molecule has 1 atom stereocenters. The molecule has 94 valence electrons. The second-order valence-corrected chi connectivity index (χ2v) is 3.87. The van der Waals surface area contributed by atoms with Gasteiger partial charge >= 0.3 is 5.97 Å². The van der Waals surface area contributed by atoms with Crippen LogP contribution in [-0.2, 0) is 9.53 Å². The van der Waals surface area contributed by atoms with Crippen LogP contribution < -0.4 is 0 Å². The molecular formula is C11H21NO4. The lowest BCUT2D eigenvalue weighted by Gasteiger charge is -2.10.